The average molecular weight is 273 g/mol. The van der Waals surface area contributed by atoms with Crippen LogP contribution in [-0.2, 0) is 0 Å². The van der Waals surface area contributed by atoms with Gasteiger partial charge in [-0.2, -0.15) is 13.2 Å². The summed E-state index contributed by atoms with van der Waals surface area (Å²) in [6.07, 6.45) is 0.371. The number of rotatable bonds is 2. The van der Waals surface area contributed by atoms with Gasteiger partial charge in [-0.05, 0) is 30.5 Å². The zero-order chi connectivity index (χ0) is 13.9. The zero-order valence-electron chi connectivity index (χ0n) is 10.2. The molecule has 0 radical (unpaired) electrons. The molecule has 1 N–H and O–H groups in total. The summed E-state index contributed by atoms with van der Waals surface area (Å²) in [5.74, 6) is 0. The van der Waals surface area contributed by atoms with Gasteiger partial charge >= 0.3 is 12.2 Å². The Morgan fingerprint density at radius 3 is 2.74 bits per heavy atom. The van der Waals surface area contributed by atoms with Crippen LogP contribution in [0.25, 0.3) is 0 Å². The van der Waals surface area contributed by atoms with Crippen molar-refractivity contribution in [2.24, 2.45) is 0 Å². The monoisotopic (exact) mass is 273 g/mol. The van der Waals surface area contributed by atoms with Crippen molar-refractivity contribution in [2.45, 2.75) is 25.1 Å². The molecule has 0 aromatic carbocycles. The van der Waals surface area contributed by atoms with Gasteiger partial charge in [-0.1, -0.05) is 0 Å². The van der Waals surface area contributed by atoms with Gasteiger partial charge in [0.1, 0.15) is 6.54 Å². The lowest BCUT2D eigenvalue weighted by Gasteiger charge is -2.25. The molecule has 1 saturated heterocycles. The van der Waals surface area contributed by atoms with Crippen LogP contribution in [0.5, 0.6) is 0 Å². The summed E-state index contributed by atoms with van der Waals surface area (Å²) in [6.45, 7) is -0.831. The fraction of sp³-hybridized carbons (Fsp3) is 0.500. The van der Waals surface area contributed by atoms with Crippen LogP contribution in [0.2, 0.25) is 0 Å². The van der Waals surface area contributed by atoms with Gasteiger partial charge in [-0.15, -0.1) is 0 Å². The summed E-state index contributed by atoms with van der Waals surface area (Å²) in [6, 6.07) is 2.72. The lowest BCUT2D eigenvalue weighted by molar-refractivity contribution is -0.123. The van der Waals surface area contributed by atoms with E-state index < -0.39 is 18.8 Å². The Kier molecular flexibility index (Phi) is 3.92. The number of amides is 2. The molecule has 1 aromatic heterocycles. The second kappa shape index (κ2) is 5.46. The molecule has 1 aliphatic heterocycles. The highest BCUT2D eigenvalue weighted by Gasteiger charge is 2.33. The van der Waals surface area contributed by atoms with Crippen LogP contribution < -0.4 is 5.32 Å². The number of nitrogens with one attached hydrogen (secondary N) is 1. The molecule has 0 spiro atoms. The molecular formula is C12H14F3N3O. The van der Waals surface area contributed by atoms with E-state index in [0.29, 0.717) is 6.54 Å². The molecule has 1 atom stereocenters. The van der Waals surface area contributed by atoms with E-state index in [4.69, 9.17) is 0 Å². The molecule has 1 fully saturated rings. The van der Waals surface area contributed by atoms with Crippen LogP contribution in [0.1, 0.15) is 24.4 Å². The van der Waals surface area contributed by atoms with Crippen LogP contribution in [0.4, 0.5) is 18.0 Å². The minimum atomic E-state index is -4.39. The van der Waals surface area contributed by atoms with Crippen LogP contribution in [0.3, 0.4) is 0 Å². The van der Waals surface area contributed by atoms with Gasteiger partial charge < -0.3 is 10.2 Å². The Bertz CT molecular complexity index is 436. The number of aromatic nitrogens is 1. The molecule has 0 bridgehead atoms. The Morgan fingerprint density at radius 1 is 1.42 bits per heavy atom. The second-order valence-electron chi connectivity index (χ2n) is 4.41. The van der Waals surface area contributed by atoms with E-state index in [-0.39, 0.29) is 6.04 Å². The van der Waals surface area contributed by atoms with Crippen LogP contribution >= 0.6 is 0 Å². The minimum absolute atomic E-state index is 0.170. The Hall–Kier alpha value is -1.79. The van der Waals surface area contributed by atoms with Crippen LogP contribution in [0.15, 0.2) is 24.5 Å². The number of nitrogens with zero attached hydrogens (tertiary/aromatic N) is 2. The number of urea groups is 1. The third-order valence-corrected chi connectivity index (χ3v) is 3.04. The topological polar surface area (TPSA) is 45.2 Å². The van der Waals surface area contributed by atoms with Crippen LogP contribution in [-0.4, -0.2) is 35.2 Å². The summed E-state index contributed by atoms with van der Waals surface area (Å²) in [5, 5.41) is 1.91. The maximum atomic E-state index is 12.1. The first-order valence-electron chi connectivity index (χ1n) is 5.98. The lowest BCUT2D eigenvalue weighted by atomic mass is 10.1. The van der Waals surface area contributed by atoms with Crippen molar-refractivity contribution in [1.82, 2.24) is 15.2 Å². The Balaban J connectivity index is 2.01. The van der Waals surface area contributed by atoms with Crippen molar-refractivity contribution in [1.29, 1.82) is 0 Å². The van der Waals surface area contributed by atoms with E-state index in [0.717, 1.165) is 18.4 Å². The van der Waals surface area contributed by atoms with Gasteiger partial charge in [-0.25, -0.2) is 4.79 Å². The predicted molar refractivity (Wildman–Crippen MR) is 62.4 cm³/mol. The lowest BCUT2D eigenvalue weighted by Crippen LogP contribution is -2.43. The van der Waals surface area contributed by atoms with E-state index in [1.165, 1.54) is 4.90 Å². The van der Waals surface area contributed by atoms with Gasteiger partial charge in [-0.3, -0.25) is 4.98 Å². The smallest absolute Gasteiger partial charge is 0.329 e. The third-order valence-electron chi connectivity index (χ3n) is 3.04. The predicted octanol–water partition coefficient (Wildman–Crippen LogP) is 2.49. The highest BCUT2D eigenvalue weighted by atomic mass is 19.4. The number of likely N-dealkylation sites (tertiary alicyclic amines) is 1. The number of carbonyl (C=O) groups excluding carboxylic acids is 1. The molecule has 1 aliphatic rings. The quantitative estimate of drug-likeness (QED) is 0.899. The Labute approximate surface area is 108 Å². The summed E-state index contributed by atoms with van der Waals surface area (Å²) >= 11 is 0. The van der Waals surface area contributed by atoms with Crippen molar-refractivity contribution in [2.75, 3.05) is 13.1 Å². The van der Waals surface area contributed by atoms with Gasteiger partial charge in [0.2, 0.25) is 0 Å². The average Bonchev–Trinajstić information content (AvgIpc) is 2.85. The molecule has 104 valence electrons. The van der Waals surface area contributed by atoms with Gasteiger partial charge in [0, 0.05) is 18.9 Å². The van der Waals surface area contributed by atoms with Gasteiger partial charge in [0.25, 0.3) is 0 Å². The molecule has 1 aromatic rings. The molecule has 4 nitrogen and oxygen atoms in total. The van der Waals surface area contributed by atoms with E-state index in [2.05, 4.69) is 4.98 Å². The summed E-state index contributed by atoms with van der Waals surface area (Å²) in [4.78, 5) is 17.1. The van der Waals surface area contributed by atoms with Gasteiger partial charge in [0.15, 0.2) is 0 Å². The fourth-order valence-corrected chi connectivity index (χ4v) is 2.22. The number of hydrogen-bond acceptors (Lipinski definition) is 2. The normalized spacial score (nSPS) is 19.5. The van der Waals surface area contributed by atoms with E-state index in [1.807, 2.05) is 5.32 Å². The van der Waals surface area contributed by atoms with E-state index in [1.54, 1.807) is 24.5 Å². The maximum absolute atomic E-state index is 12.1. The highest BCUT2D eigenvalue weighted by Crippen LogP contribution is 2.31. The molecule has 7 heteroatoms. The SMILES string of the molecule is O=C(NCC(F)(F)F)N1CCC[C@H]1c1ccncc1. The molecule has 0 aliphatic carbocycles. The first-order chi connectivity index (χ1) is 8.97. The first-order valence-corrected chi connectivity index (χ1v) is 5.98. The second-order valence-corrected chi connectivity index (χ2v) is 4.41. The van der Waals surface area contributed by atoms with Crippen molar-refractivity contribution < 1.29 is 18.0 Å². The highest BCUT2D eigenvalue weighted by molar-refractivity contribution is 5.75. The molecule has 0 unspecified atom stereocenters. The number of alkyl halides is 3. The minimum Gasteiger partial charge on any atom is -0.329 e. The van der Waals surface area contributed by atoms with Crippen molar-refractivity contribution in [3.8, 4) is 0 Å². The number of carbonyl (C=O) groups is 1. The van der Waals surface area contributed by atoms with Gasteiger partial charge in [0.05, 0.1) is 6.04 Å². The molecule has 19 heavy (non-hydrogen) atoms. The van der Waals surface area contributed by atoms with Crippen LogP contribution in [0, 0.1) is 0 Å². The van der Waals surface area contributed by atoms with Crippen molar-refractivity contribution in [3.05, 3.63) is 30.1 Å². The van der Waals surface area contributed by atoms with Crippen molar-refractivity contribution in [3.63, 3.8) is 0 Å². The largest absolute Gasteiger partial charge is 0.405 e. The molecule has 2 amide bonds. The Morgan fingerprint density at radius 2 is 2.11 bits per heavy atom. The third kappa shape index (κ3) is 3.59. The first kappa shape index (κ1) is 13.6. The number of hydrogen-bond donors (Lipinski definition) is 1. The van der Waals surface area contributed by atoms with Crippen molar-refractivity contribution >= 4 is 6.03 Å². The molecule has 2 rings (SSSR count). The summed E-state index contributed by atoms with van der Waals surface area (Å²) in [5.41, 5.74) is 0.898. The summed E-state index contributed by atoms with van der Waals surface area (Å²) in [7, 11) is 0. The zero-order valence-corrected chi connectivity index (χ0v) is 10.2. The number of pyridine rings is 1. The number of halogens is 3. The maximum Gasteiger partial charge on any atom is 0.405 e. The fourth-order valence-electron chi connectivity index (χ4n) is 2.22. The molecule has 2 heterocycles. The van der Waals surface area contributed by atoms with E-state index >= 15 is 0 Å². The molecular weight excluding hydrogens is 259 g/mol. The molecule has 0 saturated carbocycles. The standard InChI is InChI=1S/C12H14F3N3O/c13-12(14,15)8-17-11(19)18-7-1-2-10(18)9-3-5-16-6-4-9/h3-6,10H,1-2,7-8H2,(H,17,19)/t10-/m0/s1. The summed E-state index contributed by atoms with van der Waals surface area (Å²) < 4.78 is 36.2. The van der Waals surface area contributed by atoms with E-state index in [9.17, 15) is 18.0 Å².